The summed E-state index contributed by atoms with van der Waals surface area (Å²) in [7, 11) is 0. The number of alkyl halides is 1. The lowest BCUT2D eigenvalue weighted by Crippen LogP contribution is -2.37. The van der Waals surface area contributed by atoms with Gasteiger partial charge in [-0.15, -0.1) is 0 Å². The minimum absolute atomic E-state index is 0.000441. The van der Waals surface area contributed by atoms with Gasteiger partial charge in [0, 0.05) is 24.8 Å². The van der Waals surface area contributed by atoms with Crippen molar-refractivity contribution in [3.63, 3.8) is 0 Å². The van der Waals surface area contributed by atoms with E-state index in [-0.39, 0.29) is 12.4 Å². The van der Waals surface area contributed by atoms with Gasteiger partial charge >= 0.3 is 6.03 Å². The van der Waals surface area contributed by atoms with Gasteiger partial charge in [0.1, 0.15) is 12.5 Å². The molecule has 0 radical (unpaired) electrons. The van der Waals surface area contributed by atoms with E-state index in [0.29, 0.717) is 13.0 Å². The van der Waals surface area contributed by atoms with Crippen LogP contribution in [0.1, 0.15) is 5.56 Å². The largest absolute Gasteiger partial charge is 0.338 e. The van der Waals surface area contributed by atoms with Crippen molar-refractivity contribution in [1.82, 2.24) is 15.6 Å². The number of carbonyl (C=O) groups is 1. The maximum Gasteiger partial charge on any atom is 0.314 e. The topological polar surface area (TPSA) is 54.0 Å². The van der Waals surface area contributed by atoms with Gasteiger partial charge in [0.2, 0.25) is 0 Å². The van der Waals surface area contributed by atoms with Gasteiger partial charge < -0.3 is 10.6 Å². The summed E-state index contributed by atoms with van der Waals surface area (Å²) < 4.78 is 24.9. The number of amides is 2. The number of nitrogens with zero attached hydrogens (tertiary/aromatic N) is 1. The molecule has 4 nitrogen and oxygen atoms in total. The zero-order valence-corrected chi connectivity index (χ0v) is 12.0. The smallest absolute Gasteiger partial charge is 0.314 e. The first-order valence-electron chi connectivity index (χ1n) is 6.98. The van der Waals surface area contributed by atoms with Crippen LogP contribution < -0.4 is 10.6 Å². The lowest BCUT2D eigenvalue weighted by molar-refractivity contribution is 0.240. The number of benzene rings is 1. The second-order valence-electron chi connectivity index (χ2n) is 4.64. The Hall–Kier alpha value is -2.50. The number of rotatable bonds is 6. The summed E-state index contributed by atoms with van der Waals surface area (Å²) in [6.07, 6.45) is 2.24. The summed E-state index contributed by atoms with van der Waals surface area (Å²) in [5.41, 5.74) is 2.52. The Balaban J connectivity index is 2.00. The number of aromatic nitrogens is 1. The second kappa shape index (κ2) is 8.07. The summed E-state index contributed by atoms with van der Waals surface area (Å²) in [6, 6.07) is 9.43. The summed E-state index contributed by atoms with van der Waals surface area (Å²) in [5.74, 6) is -0.299. The molecule has 22 heavy (non-hydrogen) atoms. The fourth-order valence-electron chi connectivity index (χ4n) is 2.04. The summed E-state index contributed by atoms with van der Waals surface area (Å²) >= 11 is 0. The number of pyridine rings is 1. The molecule has 0 saturated heterocycles. The highest BCUT2D eigenvalue weighted by atomic mass is 19.1. The molecule has 6 heteroatoms. The highest BCUT2D eigenvalue weighted by molar-refractivity contribution is 5.73. The van der Waals surface area contributed by atoms with Gasteiger partial charge in [-0.1, -0.05) is 6.07 Å². The lowest BCUT2D eigenvalue weighted by Gasteiger charge is -2.10. The third kappa shape index (κ3) is 4.51. The first-order valence-corrected chi connectivity index (χ1v) is 6.98. The van der Waals surface area contributed by atoms with Crippen molar-refractivity contribution in [2.45, 2.75) is 6.42 Å². The van der Waals surface area contributed by atoms with Gasteiger partial charge in [-0.05, 0) is 42.3 Å². The van der Waals surface area contributed by atoms with Crippen molar-refractivity contribution >= 4 is 6.03 Å². The molecule has 2 N–H and O–H groups in total. The zero-order valence-electron chi connectivity index (χ0n) is 12.0. The van der Waals surface area contributed by atoms with E-state index in [2.05, 4.69) is 15.6 Å². The first kappa shape index (κ1) is 15.9. The molecule has 2 amide bonds. The summed E-state index contributed by atoms with van der Waals surface area (Å²) in [5, 5.41) is 5.04. The molecule has 2 rings (SSSR count). The second-order valence-corrected chi connectivity index (χ2v) is 4.64. The van der Waals surface area contributed by atoms with Crippen molar-refractivity contribution in [1.29, 1.82) is 0 Å². The third-order valence-electron chi connectivity index (χ3n) is 3.07. The molecule has 0 aliphatic heterocycles. The lowest BCUT2D eigenvalue weighted by atomic mass is 10.0. The molecule has 2 aromatic rings. The predicted molar refractivity (Wildman–Crippen MR) is 80.7 cm³/mol. The van der Waals surface area contributed by atoms with Crippen molar-refractivity contribution < 1.29 is 13.6 Å². The van der Waals surface area contributed by atoms with E-state index in [9.17, 15) is 13.6 Å². The van der Waals surface area contributed by atoms with Crippen LogP contribution in [0.15, 0.2) is 42.6 Å². The minimum Gasteiger partial charge on any atom is -0.338 e. The Morgan fingerprint density at radius 3 is 2.55 bits per heavy atom. The molecule has 116 valence electrons. The van der Waals surface area contributed by atoms with E-state index in [4.69, 9.17) is 0 Å². The van der Waals surface area contributed by atoms with Crippen molar-refractivity contribution in [3.05, 3.63) is 54.0 Å². The molecule has 0 bridgehead atoms. The molecule has 0 atom stereocenters. The Bertz CT molecular complexity index is 617. The Morgan fingerprint density at radius 1 is 1.09 bits per heavy atom. The molecule has 1 aromatic carbocycles. The van der Waals surface area contributed by atoms with E-state index in [1.54, 1.807) is 18.3 Å². The van der Waals surface area contributed by atoms with Gasteiger partial charge in [0.15, 0.2) is 0 Å². The Labute approximate surface area is 127 Å². The molecule has 1 aromatic heterocycles. The van der Waals surface area contributed by atoms with Crippen LogP contribution in [-0.4, -0.2) is 30.8 Å². The molecule has 0 unspecified atom stereocenters. The van der Waals surface area contributed by atoms with Gasteiger partial charge in [0.25, 0.3) is 0 Å². The maximum atomic E-state index is 13.0. The van der Waals surface area contributed by atoms with Gasteiger partial charge in [-0.2, -0.15) is 0 Å². The van der Waals surface area contributed by atoms with Crippen molar-refractivity contribution in [2.75, 3.05) is 19.8 Å². The average molecular weight is 305 g/mol. The zero-order chi connectivity index (χ0) is 15.8. The standard InChI is InChI=1S/C16H17F2N3O/c17-8-11-21-16(22)20-10-7-12-2-1-9-19-15(12)13-3-5-14(18)6-4-13/h1-6,9H,7-8,10-11H2,(H2,20,21,22). The quantitative estimate of drug-likeness (QED) is 0.862. The van der Waals surface area contributed by atoms with E-state index in [1.165, 1.54) is 12.1 Å². The van der Waals surface area contributed by atoms with Gasteiger partial charge in [-0.3, -0.25) is 4.98 Å². The Morgan fingerprint density at radius 2 is 1.82 bits per heavy atom. The Kier molecular flexibility index (Phi) is 5.82. The van der Waals surface area contributed by atoms with Gasteiger partial charge in [0.05, 0.1) is 5.69 Å². The maximum absolute atomic E-state index is 13.0. The average Bonchev–Trinajstić information content (AvgIpc) is 2.54. The van der Waals surface area contributed by atoms with Crippen LogP contribution in [0.4, 0.5) is 13.6 Å². The number of urea groups is 1. The van der Waals surface area contributed by atoms with Crippen LogP contribution in [0.5, 0.6) is 0 Å². The van der Waals surface area contributed by atoms with Gasteiger partial charge in [-0.25, -0.2) is 13.6 Å². The van der Waals surface area contributed by atoms with E-state index in [1.807, 2.05) is 12.1 Å². The highest BCUT2D eigenvalue weighted by Crippen LogP contribution is 2.21. The van der Waals surface area contributed by atoms with Crippen LogP contribution >= 0.6 is 0 Å². The number of halogens is 2. The molecule has 0 fully saturated rings. The molecule has 1 heterocycles. The summed E-state index contributed by atoms with van der Waals surface area (Å²) in [6.45, 7) is -0.192. The number of carbonyl (C=O) groups excluding carboxylic acids is 1. The molecule has 0 saturated carbocycles. The normalized spacial score (nSPS) is 10.3. The fraction of sp³-hybridized carbons (Fsp3) is 0.250. The number of nitrogens with one attached hydrogen (secondary N) is 2. The van der Waals surface area contributed by atoms with Crippen LogP contribution in [-0.2, 0) is 6.42 Å². The molecule has 0 aliphatic rings. The van der Waals surface area contributed by atoms with Crippen molar-refractivity contribution in [3.8, 4) is 11.3 Å². The summed E-state index contributed by atoms with van der Waals surface area (Å²) in [4.78, 5) is 15.7. The first-order chi connectivity index (χ1) is 10.7. The fourth-order valence-corrected chi connectivity index (χ4v) is 2.04. The highest BCUT2D eigenvalue weighted by Gasteiger charge is 2.07. The van der Waals surface area contributed by atoms with Crippen LogP contribution in [0.3, 0.4) is 0 Å². The van der Waals surface area contributed by atoms with Crippen LogP contribution in [0.2, 0.25) is 0 Å². The van der Waals surface area contributed by atoms with E-state index < -0.39 is 12.7 Å². The van der Waals surface area contributed by atoms with E-state index in [0.717, 1.165) is 16.8 Å². The molecular formula is C16H17F2N3O. The van der Waals surface area contributed by atoms with Crippen LogP contribution in [0.25, 0.3) is 11.3 Å². The number of hydrogen-bond acceptors (Lipinski definition) is 2. The molecular weight excluding hydrogens is 288 g/mol. The third-order valence-corrected chi connectivity index (χ3v) is 3.07. The number of hydrogen-bond donors (Lipinski definition) is 2. The van der Waals surface area contributed by atoms with Crippen LogP contribution in [0, 0.1) is 5.82 Å². The van der Waals surface area contributed by atoms with E-state index >= 15 is 0 Å². The SMILES string of the molecule is O=C(NCCF)NCCc1cccnc1-c1ccc(F)cc1. The minimum atomic E-state index is -0.593. The molecule has 0 aliphatic carbocycles. The monoisotopic (exact) mass is 305 g/mol. The predicted octanol–water partition coefficient (Wildman–Crippen LogP) is 2.70. The molecule has 0 spiro atoms. The van der Waals surface area contributed by atoms with Crippen molar-refractivity contribution in [2.24, 2.45) is 0 Å².